The molecule has 0 fully saturated rings. The number of aliphatic imine (C=N–C) groups is 1. The van der Waals surface area contributed by atoms with E-state index in [9.17, 15) is 4.79 Å². The number of carbonyl (C=O) groups excluding carboxylic acids is 1. The summed E-state index contributed by atoms with van der Waals surface area (Å²) in [4.78, 5) is 16.7. The van der Waals surface area contributed by atoms with Crippen molar-refractivity contribution in [2.45, 2.75) is 33.1 Å². The molecule has 6 heteroatoms. The van der Waals surface area contributed by atoms with Crippen LogP contribution in [0.15, 0.2) is 47.1 Å². The smallest absolute Gasteiger partial charge is 0.363 e. The monoisotopic (exact) mass is 505 g/mol. The maximum atomic E-state index is 12.3. The van der Waals surface area contributed by atoms with Gasteiger partial charge in [0.1, 0.15) is 0 Å². The van der Waals surface area contributed by atoms with Gasteiger partial charge in [-0.3, -0.25) is 0 Å². The molecule has 0 N–H and O–H groups in total. The Morgan fingerprint density at radius 3 is 2.55 bits per heavy atom. The molecule has 0 saturated heterocycles. The van der Waals surface area contributed by atoms with Crippen molar-refractivity contribution in [3.05, 3.63) is 62.4 Å². The van der Waals surface area contributed by atoms with Gasteiger partial charge in [-0.05, 0) is 76.4 Å². The van der Waals surface area contributed by atoms with Gasteiger partial charge in [-0.25, -0.2) is 9.79 Å². The summed E-state index contributed by atoms with van der Waals surface area (Å²) >= 11 is 2.20. The van der Waals surface area contributed by atoms with Gasteiger partial charge in [0.05, 0.1) is 17.3 Å². The van der Waals surface area contributed by atoms with Crippen molar-refractivity contribution in [3.8, 4) is 11.5 Å². The third-order valence-electron chi connectivity index (χ3n) is 4.45. The van der Waals surface area contributed by atoms with E-state index in [1.807, 2.05) is 36.4 Å². The molecular formula is C23H24INO4. The van der Waals surface area contributed by atoms with Crippen LogP contribution in [0.25, 0.3) is 6.08 Å². The summed E-state index contributed by atoms with van der Waals surface area (Å²) in [6.07, 6.45) is 2.61. The van der Waals surface area contributed by atoms with E-state index in [0.29, 0.717) is 29.9 Å². The lowest BCUT2D eigenvalue weighted by Gasteiger charge is -2.13. The summed E-state index contributed by atoms with van der Waals surface area (Å²) in [5.74, 6) is 1.63. The Morgan fingerprint density at radius 1 is 1.21 bits per heavy atom. The van der Waals surface area contributed by atoms with Crippen molar-refractivity contribution in [1.82, 2.24) is 0 Å². The van der Waals surface area contributed by atoms with E-state index in [4.69, 9.17) is 14.2 Å². The lowest BCUT2D eigenvalue weighted by molar-refractivity contribution is -0.129. The quantitative estimate of drug-likeness (QED) is 0.281. The number of benzene rings is 2. The molecule has 1 heterocycles. The van der Waals surface area contributed by atoms with Crippen molar-refractivity contribution >= 4 is 40.5 Å². The number of carbonyl (C=O) groups is 1. The zero-order valence-electron chi connectivity index (χ0n) is 17.0. The number of hydrogen-bond donors (Lipinski definition) is 0. The van der Waals surface area contributed by atoms with E-state index in [2.05, 4.69) is 48.4 Å². The summed E-state index contributed by atoms with van der Waals surface area (Å²) in [7, 11) is 1.60. The number of halogens is 1. The second kappa shape index (κ2) is 9.43. The molecule has 0 saturated carbocycles. The van der Waals surface area contributed by atoms with Crippen LogP contribution in [0.4, 0.5) is 0 Å². The fourth-order valence-corrected chi connectivity index (χ4v) is 3.65. The van der Waals surface area contributed by atoms with E-state index in [0.717, 1.165) is 21.1 Å². The summed E-state index contributed by atoms with van der Waals surface area (Å²) in [5.41, 5.74) is 3.05. The van der Waals surface area contributed by atoms with Crippen molar-refractivity contribution in [1.29, 1.82) is 0 Å². The largest absolute Gasteiger partial charge is 0.493 e. The topological polar surface area (TPSA) is 57.1 Å². The summed E-state index contributed by atoms with van der Waals surface area (Å²) in [5, 5.41) is 0. The Hall–Kier alpha value is -2.35. The molecule has 0 radical (unpaired) electrons. The van der Waals surface area contributed by atoms with Crippen LogP contribution in [-0.2, 0) is 9.53 Å². The number of nitrogens with zero attached hydrogens (tertiary/aromatic N) is 1. The average Bonchev–Trinajstić information content (AvgIpc) is 3.07. The second-order valence-electron chi connectivity index (χ2n) is 7.00. The number of ether oxygens (including phenoxy) is 3. The summed E-state index contributed by atoms with van der Waals surface area (Å²) in [6, 6.07) is 11.7. The highest BCUT2D eigenvalue weighted by molar-refractivity contribution is 14.1. The van der Waals surface area contributed by atoms with Gasteiger partial charge in [0, 0.05) is 5.56 Å². The first kappa shape index (κ1) is 21.4. The van der Waals surface area contributed by atoms with Gasteiger partial charge in [-0.2, -0.15) is 0 Å². The number of hydrogen-bond acceptors (Lipinski definition) is 5. The third kappa shape index (κ3) is 4.98. The fourth-order valence-electron chi connectivity index (χ4n) is 2.87. The Balaban J connectivity index is 1.89. The van der Waals surface area contributed by atoms with Gasteiger partial charge in [0.25, 0.3) is 0 Å². The van der Waals surface area contributed by atoms with E-state index in [-0.39, 0.29) is 5.70 Å². The zero-order valence-corrected chi connectivity index (χ0v) is 19.1. The van der Waals surface area contributed by atoms with Crippen LogP contribution in [0.5, 0.6) is 11.5 Å². The summed E-state index contributed by atoms with van der Waals surface area (Å²) in [6.45, 7) is 6.94. The van der Waals surface area contributed by atoms with Crippen LogP contribution < -0.4 is 9.47 Å². The molecule has 0 spiro atoms. The number of rotatable bonds is 7. The van der Waals surface area contributed by atoms with Gasteiger partial charge in [-0.15, -0.1) is 0 Å². The molecule has 152 valence electrons. The fraction of sp³-hybridized carbons (Fsp3) is 0.304. The molecule has 3 rings (SSSR count). The predicted octanol–water partition coefficient (Wildman–Crippen LogP) is 5.56. The third-order valence-corrected chi connectivity index (χ3v) is 5.25. The molecule has 0 amide bonds. The Kier molecular flexibility index (Phi) is 6.95. The molecule has 2 aromatic rings. The molecule has 0 unspecified atom stereocenters. The van der Waals surface area contributed by atoms with Crippen LogP contribution >= 0.6 is 22.6 Å². The minimum absolute atomic E-state index is 0.257. The molecule has 0 bridgehead atoms. The predicted molar refractivity (Wildman–Crippen MR) is 123 cm³/mol. The van der Waals surface area contributed by atoms with Crippen molar-refractivity contribution in [2.75, 3.05) is 13.7 Å². The SMILES string of the molecule is CCCOc1c(I)cc(/C=C2\N=C(c3ccc(C(C)C)cc3)OC2=O)cc1OC. The first-order valence-electron chi connectivity index (χ1n) is 9.56. The zero-order chi connectivity index (χ0) is 21.0. The van der Waals surface area contributed by atoms with Crippen LogP contribution in [0.3, 0.4) is 0 Å². The van der Waals surface area contributed by atoms with Crippen molar-refractivity contribution in [2.24, 2.45) is 4.99 Å². The van der Waals surface area contributed by atoms with E-state index in [1.165, 1.54) is 5.56 Å². The minimum Gasteiger partial charge on any atom is -0.493 e. The Bertz CT molecular complexity index is 962. The lowest BCUT2D eigenvalue weighted by Crippen LogP contribution is -2.05. The highest BCUT2D eigenvalue weighted by atomic mass is 127. The Labute approximate surface area is 184 Å². The van der Waals surface area contributed by atoms with E-state index < -0.39 is 5.97 Å². The molecule has 2 aromatic carbocycles. The number of cyclic esters (lactones) is 1. The molecule has 1 aliphatic rings. The van der Waals surface area contributed by atoms with Gasteiger partial charge >= 0.3 is 5.97 Å². The summed E-state index contributed by atoms with van der Waals surface area (Å²) < 4.78 is 17.5. The standard InChI is InChI=1S/C23H24INO4/c1-5-10-28-21-18(24)11-15(13-20(21)27-4)12-19-23(26)29-22(25-19)17-8-6-16(7-9-17)14(2)3/h6-9,11-14H,5,10H2,1-4H3/b19-12-. The van der Waals surface area contributed by atoms with Crippen LogP contribution in [0, 0.1) is 3.57 Å². The maximum absolute atomic E-state index is 12.3. The lowest BCUT2D eigenvalue weighted by atomic mass is 10.0. The van der Waals surface area contributed by atoms with Crippen LogP contribution in [-0.4, -0.2) is 25.6 Å². The number of methoxy groups -OCH3 is 1. The van der Waals surface area contributed by atoms with Crippen LogP contribution in [0.2, 0.25) is 0 Å². The molecule has 0 atom stereocenters. The molecule has 29 heavy (non-hydrogen) atoms. The van der Waals surface area contributed by atoms with Gasteiger partial charge in [0.15, 0.2) is 17.2 Å². The maximum Gasteiger partial charge on any atom is 0.363 e. The van der Waals surface area contributed by atoms with Gasteiger partial charge < -0.3 is 14.2 Å². The highest BCUT2D eigenvalue weighted by Crippen LogP contribution is 2.35. The second-order valence-corrected chi connectivity index (χ2v) is 8.16. The molecule has 5 nitrogen and oxygen atoms in total. The average molecular weight is 505 g/mol. The molecule has 0 aromatic heterocycles. The highest BCUT2D eigenvalue weighted by Gasteiger charge is 2.24. The number of esters is 1. The molecular weight excluding hydrogens is 481 g/mol. The van der Waals surface area contributed by atoms with Crippen molar-refractivity contribution in [3.63, 3.8) is 0 Å². The van der Waals surface area contributed by atoms with Crippen molar-refractivity contribution < 1.29 is 19.0 Å². The molecule has 0 aliphatic carbocycles. The van der Waals surface area contributed by atoms with Crippen LogP contribution in [0.1, 0.15) is 49.8 Å². The molecule has 1 aliphatic heterocycles. The normalized spacial score (nSPS) is 14.9. The minimum atomic E-state index is -0.465. The van der Waals surface area contributed by atoms with Gasteiger partial charge in [-0.1, -0.05) is 32.9 Å². The van der Waals surface area contributed by atoms with E-state index in [1.54, 1.807) is 13.2 Å². The van der Waals surface area contributed by atoms with Gasteiger partial charge in [0.2, 0.25) is 5.90 Å². The first-order valence-corrected chi connectivity index (χ1v) is 10.6. The first-order chi connectivity index (χ1) is 13.9. The Morgan fingerprint density at radius 2 is 1.93 bits per heavy atom. The van der Waals surface area contributed by atoms with E-state index >= 15 is 0 Å².